The van der Waals surface area contributed by atoms with Gasteiger partial charge in [0.15, 0.2) is 5.82 Å². The van der Waals surface area contributed by atoms with E-state index in [1.165, 1.54) is 15.0 Å². The molecule has 1 aliphatic heterocycles. The molecule has 5 heteroatoms. The lowest BCUT2D eigenvalue weighted by Crippen LogP contribution is -2.43. The summed E-state index contributed by atoms with van der Waals surface area (Å²) in [7, 11) is 0. The smallest absolute Gasteiger partial charge is 0.151 e. The van der Waals surface area contributed by atoms with Gasteiger partial charge in [-0.2, -0.15) is 5.10 Å². The van der Waals surface area contributed by atoms with E-state index in [9.17, 15) is 0 Å². The Morgan fingerprint density at radius 2 is 1.95 bits per heavy atom. The van der Waals surface area contributed by atoms with Gasteiger partial charge in [-0.25, -0.2) is 0 Å². The number of rotatable bonds is 2. The summed E-state index contributed by atoms with van der Waals surface area (Å²) >= 11 is 1.81. The number of fused-ring (bicyclic) bond motifs is 1. The fourth-order valence-electron chi connectivity index (χ4n) is 2.61. The number of aromatic amines is 1. The van der Waals surface area contributed by atoms with Crippen molar-refractivity contribution in [2.24, 2.45) is 0 Å². The third kappa shape index (κ3) is 2.09. The lowest BCUT2D eigenvalue weighted by Gasteiger charge is -2.26. The van der Waals surface area contributed by atoms with Crippen molar-refractivity contribution in [1.82, 2.24) is 15.5 Å². The fourth-order valence-corrected chi connectivity index (χ4v) is 3.64. The lowest BCUT2D eigenvalue weighted by molar-refractivity contribution is 0.584. The average molecular weight is 284 g/mol. The predicted molar refractivity (Wildman–Crippen MR) is 84.5 cm³/mol. The van der Waals surface area contributed by atoms with E-state index in [0.717, 1.165) is 37.7 Å². The van der Waals surface area contributed by atoms with Crippen molar-refractivity contribution in [2.75, 3.05) is 31.1 Å². The molecule has 2 aromatic heterocycles. The summed E-state index contributed by atoms with van der Waals surface area (Å²) in [5, 5.41) is 12.3. The van der Waals surface area contributed by atoms with Crippen molar-refractivity contribution < 1.29 is 0 Å². The zero-order valence-corrected chi connectivity index (χ0v) is 11.9. The SMILES string of the molecule is c1ccc2sc(-c3cc(N4CCNCC4)n[nH]3)cc2c1. The van der Waals surface area contributed by atoms with Gasteiger partial charge in [0.25, 0.3) is 0 Å². The molecule has 3 aromatic rings. The van der Waals surface area contributed by atoms with Gasteiger partial charge in [-0.3, -0.25) is 5.10 Å². The van der Waals surface area contributed by atoms with E-state index in [2.05, 4.69) is 56.8 Å². The van der Waals surface area contributed by atoms with Gasteiger partial charge in [-0.1, -0.05) is 18.2 Å². The second-order valence-corrected chi connectivity index (χ2v) is 6.11. The summed E-state index contributed by atoms with van der Waals surface area (Å²) in [5.41, 5.74) is 1.11. The Kier molecular flexibility index (Phi) is 2.94. The molecule has 0 bridgehead atoms. The summed E-state index contributed by atoms with van der Waals surface area (Å²) in [6.07, 6.45) is 0. The van der Waals surface area contributed by atoms with E-state index in [1.54, 1.807) is 0 Å². The monoisotopic (exact) mass is 284 g/mol. The molecule has 0 saturated carbocycles. The van der Waals surface area contributed by atoms with Gasteiger partial charge in [0, 0.05) is 36.9 Å². The van der Waals surface area contributed by atoms with Crippen LogP contribution in [0.25, 0.3) is 20.7 Å². The number of thiophene rings is 1. The molecule has 1 fully saturated rings. The van der Waals surface area contributed by atoms with E-state index >= 15 is 0 Å². The Morgan fingerprint density at radius 3 is 2.80 bits per heavy atom. The highest BCUT2D eigenvalue weighted by Gasteiger charge is 2.14. The second-order valence-electron chi connectivity index (χ2n) is 5.03. The highest BCUT2D eigenvalue weighted by molar-refractivity contribution is 7.22. The van der Waals surface area contributed by atoms with Gasteiger partial charge in [0.05, 0.1) is 10.6 Å². The molecule has 20 heavy (non-hydrogen) atoms. The summed E-state index contributed by atoms with van der Waals surface area (Å²) < 4.78 is 1.32. The Hall–Kier alpha value is -1.85. The normalized spacial score (nSPS) is 15.9. The molecule has 1 aromatic carbocycles. The number of nitrogens with zero attached hydrogens (tertiary/aromatic N) is 2. The quantitative estimate of drug-likeness (QED) is 0.760. The first-order chi connectivity index (χ1) is 9.90. The van der Waals surface area contributed by atoms with Gasteiger partial charge in [0.1, 0.15) is 0 Å². The first-order valence-electron chi connectivity index (χ1n) is 6.90. The predicted octanol–water partition coefficient (Wildman–Crippen LogP) is 2.70. The van der Waals surface area contributed by atoms with E-state index in [0.29, 0.717) is 0 Å². The largest absolute Gasteiger partial charge is 0.353 e. The topological polar surface area (TPSA) is 44.0 Å². The van der Waals surface area contributed by atoms with Crippen molar-refractivity contribution in [3.8, 4) is 10.6 Å². The fraction of sp³-hybridized carbons (Fsp3) is 0.267. The molecule has 0 radical (unpaired) electrons. The number of hydrogen-bond acceptors (Lipinski definition) is 4. The van der Waals surface area contributed by atoms with Crippen LogP contribution in [0.15, 0.2) is 36.4 Å². The lowest BCUT2D eigenvalue weighted by atomic mass is 10.2. The third-order valence-corrected chi connectivity index (χ3v) is 4.85. The van der Waals surface area contributed by atoms with Crippen molar-refractivity contribution >= 4 is 27.2 Å². The highest BCUT2D eigenvalue weighted by atomic mass is 32.1. The molecule has 1 aliphatic rings. The average Bonchev–Trinajstić information content (AvgIpc) is 3.14. The Labute approximate surface area is 121 Å². The van der Waals surface area contributed by atoms with Crippen LogP contribution in [0.1, 0.15) is 0 Å². The molecule has 0 spiro atoms. The molecule has 0 atom stereocenters. The molecule has 2 N–H and O–H groups in total. The molecule has 0 aliphatic carbocycles. The van der Waals surface area contributed by atoms with Crippen LogP contribution in [0, 0.1) is 0 Å². The van der Waals surface area contributed by atoms with Crippen LogP contribution in [0.4, 0.5) is 5.82 Å². The minimum atomic E-state index is 1.02. The van der Waals surface area contributed by atoms with Crippen molar-refractivity contribution in [3.05, 3.63) is 36.4 Å². The highest BCUT2D eigenvalue weighted by Crippen LogP contribution is 2.33. The molecule has 3 heterocycles. The van der Waals surface area contributed by atoms with Gasteiger partial charge in [0.2, 0.25) is 0 Å². The minimum Gasteiger partial charge on any atom is -0.353 e. The third-order valence-electron chi connectivity index (χ3n) is 3.70. The van der Waals surface area contributed by atoms with Crippen LogP contribution < -0.4 is 10.2 Å². The van der Waals surface area contributed by atoms with Crippen LogP contribution >= 0.6 is 11.3 Å². The van der Waals surface area contributed by atoms with Crippen LogP contribution in [-0.4, -0.2) is 36.4 Å². The van der Waals surface area contributed by atoms with E-state index in [-0.39, 0.29) is 0 Å². The molecule has 4 rings (SSSR count). The molecule has 4 nitrogen and oxygen atoms in total. The Balaban J connectivity index is 1.66. The number of hydrogen-bond donors (Lipinski definition) is 2. The maximum absolute atomic E-state index is 4.47. The Morgan fingerprint density at radius 1 is 1.10 bits per heavy atom. The van der Waals surface area contributed by atoms with Gasteiger partial charge < -0.3 is 10.2 Å². The summed E-state index contributed by atoms with van der Waals surface area (Å²) in [5.74, 6) is 1.05. The number of anilines is 1. The molecular weight excluding hydrogens is 268 g/mol. The van der Waals surface area contributed by atoms with Gasteiger partial charge in [-0.15, -0.1) is 11.3 Å². The number of benzene rings is 1. The maximum atomic E-state index is 4.47. The first kappa shape index (κ1) is 11.9. The van der Waals surface area contributed by atoms with E-state index < -0.39 is 0 Å². The first-order valence-corrected chi connectivity index (χ1v) is 7.72. The van der Waals surface area contributed by atoms with Crippen molar-refractivity contribution in [3.63, 3.8) is 0 Å². The van der Waals surface area contributed by atoms with Crippen molar-refractivity contribution in [1.29, 1.82) is 0 Å². The number of H-pyrrole nitrogens is 1. The van der Waals surface area contributed by atoms with Gasteiger partial charge in [-0.05, 0) is 17.5 Å². The number of nitrogens with one attached hydrogen (secondary N) is 2. The zero-order valence-electron chi connectivity index (χ0n) is 11.1. The summed E-state index contributed by atoms with van der Waals surface area (Å²) in [6, 6.07) is 12.9. The second kappa shape index (κ2) is 4.92. The standard InChI is InChI=1S/C15H16N4S/c1-2-4-13-11(3-1)9-14(20-13)12-10-15(18-17-12)19-7-5-16-6-8-19/h1-4,9-10,16H,5-8H2,(H,17,18). The maximum Gasteiger partial charge on any atom is 0.151 e. The molecule has 0 amide bonds. The summed E-state index contributed by atoms with van der Waals surface area (Å²) in [6.45, 7) is 4.11. The molecule has 1 saturated heterocycles. The zero-order chi connectivity index (χ0) is 13.4. The van der Waals surface area contributed by atoms with Crippen LogP contribution in [0.5, 0.6) is 0 Å². The summed E-state index contributed by atoms with van der Waals surface area (Å²) in [4.78, 5) is 3.57. The molecule has 0 unspecified atom stereocenters. The molecule has 102 valence electrons. The van der Waals surface area contributed by atoms with Gasteiger partial charge >= 0.3 is 0 Å². The van der Waals surface area contributed by atoms with E-state index in [4.69, 9.17) is 0 Å². The van der Waals surface area contributed by atoms with Crippen molar-refractivity contribution in [2.45, 2.75) is 0 Å². The van der Waals surface area contributed by atoms with Crippen LogP contribution in [-0.2, 0) is 0 Å². The Bertz CT molecular complexity index is 691. The van der Waals surface area contributed by atoms with Crippen LogP contribution in [0.3, 0.4) is 0 Å². The molecular formula is C15H16N4S. The minimum absolute atomic E-state index is 1.02. The van der Waals surface area contributed by atoms with E-state index in [1.807, 2.05) is 11.3 Å². The number of aromatic nitrogens is 2. The van der Waals surface area contributed by atoms with Crippen LogP contribution in [0.2, 0.25) is 0 Å². The number of piperazine rings is 1.